The quantitative estimate of drug-likeness (QED) is 0.445. The van der Waals surface area contributed by atoms with Gasteiger partial charge < -0.3 is 9.64 Å². The molecule has 0 aliphatic rings. The highest BCUT2D eigenvalue weighted by atomic mass is 16.5. The van der Waals surface area contributed by atoms with Gasteiger partial charge in [-0.3, -0.25) is 0 Å². The van der Waals surface area contributed by atoms with Gasteiger partial charge >= 0.3 is 0 Å². The maximum atomic E-state index is 5.28. The van der Waals surface area contributed by atoms with Crippen LogP contribution < -0.4 is 4.74 Å². The van der Waals surface area contributed by atoms with Crippen molar-refractivity contribution in [1.29, 1.82) is 0 Å². The topological polar surface area (TPSA) is 12.5 Å². The number of aryl methyl sites for hydroxylation is 1. The third-order valence-corrected chi connectivity index (χ3v) is 5.08. The smallest absolute Gasteiger partial charge is 0.118 e. The third-order valence-electron chi connectivity index (χ3n) is 5.08. The van der Waals surface area contributed by atoms with Gasteiger partial charge in [0.1, 0.15) is 5.75 Å². The highest BCUT2D eigenvalue weighted by Gasteiger charge is 2.15. The number of hydrogen-bond donors (Lipinski definition) is 0. The van der Waals surface area contributed by atoms with E-state index in [1.807, 2.05) is 12.1 Å². The van der Waals surface area contributed by atoms with E-state index in [2.05, 4.69) is 86.0 Å². The Morgan fingerprint density at radius 3 is 2.18 bits per heavy atom. The lowest BCUT2D eigenvalue weighted by Crippen LogP contribution is -2.22. The van der Waals surface area contributed by atoms with Crippen molar-refractivity contribution in [2.75, 3.05) is 13.7 Å². The average molecular weight is 372 g/mol. The number of ether oxygens (including phenoxy) is 1. The standard InChI is InChI=1S/C26H29NO/c1-5-18-27(19-22-14-16-23(28-4)17-15-22)21(3)25-12-8-9-13-26(25)24-11-7-6-10-20(24)2/h6-17H,3,5,18-19H2,1-2,4H3. The predicted molar refractivity (Wildman–Crippen MR) is 119 cm³/mol. The minimum Gasteiger partial charge on any atom is -0.497 e. The third kappa shape index (κ3) is 4.45. The summed E-state index contributed by atoms with van der Waals surface area (Å²) in [4.78, 5) is 2.37. The lowest BCUT2D eigenvalue weighted by molar-refractivity contribution is 0.389. The lowest BCUT2D eigenvalue weighted by Gasteiger charge is -2.28. The monoisotopic (exact) mass is 371 g/mol. The van der Waals surface area contributed by atoms with Crippen LogP contribution >= 0.6 is 0 Å². The molecule has 0 saturated carbocycles. The first-order valence-electron chi connectivity index (χ1n) is 9.86. The van der Waals surface area contributed by atoms with E-state index in [1.54, 1.807) is 7.11 Å². The zero-order valence-electron chi connectivity index (χ0n) is 17.1. The molecule has 0 aromatic heterocycles. The molecular formula is C26H29NO. The first-order chi connectivity index (χ1) is 13.6. The Labute approximate surface area is 169 Å². The average Bonchev–Trinajstić information content (AvgIpc) is 2.74. The van der Waals surface area contributed by atoms with E-state index in [1.165, 1.54) is 27.8 Å². The molecule has 0 heterocycles. The van der Waals surface area contributed by atoms with Crippen LogP contribution in [0.2, 0.25) is 0 Å². The van der Waals surface area contributed by atoms with Gasteiger partial charge in [-0.15, -0.1) is 0 Å². The van der Waals surface area contributed by atoms with Crippen molar-refractivity contribution in [3.8, 4) is 16.9 Å². The van der Waals surface area contributed by atoms with Crippen LogP contribution in [-0.2, 0) is 6.54 Å². The van der Waals surface area contributed by atoms with Gasteiger partial charge in [-0.25, -0.2) is 0 Å². The summed E-state index contributed by atoms with van der Waals surface area (Å²) in [5, 5.41) is 0. The molecule has 0 aliphatic heterocycles. The summed E-state index contributed by atoms with van der Waals surface area (Å²) in [5.74, 6) is 0.884. The first-order valence-corrected chi connectivity index (χ1v) is 9.86. The summed E-state index contributed by atoms with van der Waals surface area (Å²) >= 11 is 0. The van der Waals surface area contributed by atoms with E-state index < -0.39 is 0 Å². The second kappa shape index (κ2) is 9.27. The van der Waals surface area contributed by atoms with Gasteiger partial charge in [0, 0.05) is 24.4 Å². The van der Waals surface area contributed by atoms with Crippen molar-refractivity contribution < 1.29 is 4.74 Å². The van der Waals surface area contributed by atoms with E-state index in [0.717, 1.165) is 31.0 Å². The van der Waals surface area contributed by atoms with Gasteiger partial charge in [0.05, 0.1) is 7.11 Å². The van der Waals surface area contributed by atoms with Crippen molar-refractivity contribution in [2.24, 2.45) is 0 Å². The van der Waals surface area contributed by atoms with Crippen molar-refractivity contribution in [2.45, 2.75) is 26.8 Å². The molecule has 3 aromatic rings. The van der Waals surface area contributed by atoms with Crippen LogP contribution in [0.3, 0.4) is 0 Å². The second-order valence-corrected chi connectivity index (χ2v) is 7.08. The number of benzene rings is 3. The Morgan fingerprint density at radius 1 is 0.893 bits per heavy atom. The zero-order valence-corrected chi connectivity index (χ0v) is 17.1. The Hall–Kier alpha value is -3.00. The molecule has 3 aromatic carbocycles. The molecule has 0 spiro atoms. The summed E-state index contributed by atoms with van der Waals surface area (Å²) in [6.07, 6.45) is 1.07. The molecular weight excluding hydrogens is 342 g/mol. The minimum atomic E-state index is 0.832. The van der Waals surface area contributed by atoms with Crippen LogP contribution in [0, 0.1) is 6.92 Å². The normalized spacial score (nSPS) is 10.5. The highest BCUT2D eigenvalue weighted by Crippen LogP contribution is 2.32. The van der Waals surface area contributed by atoms with Gasteiger partial charge in [0.15, 0.2) is 0 Å². The van der Waals surface area contributed by atoms with Gasteiger partial charge in [0.2, 0.25) is 0 Å². The van der Waals surface area contributed by atoms with Crippen molar-refractivity contribution >= 4 is 5.70 Å². The van der Waals surface area contributed by atoms with Crippen LogP contribution in [-0.4, -0.2) is 18.6 Å². The summed E-state index contributed by atoms with van der Waals surface area (Å²) in [5.41, 5.74) is 7.29. The fourth-order valence-corrected chi connectivity index (χ4v) is 3.55. The maximum absolute atomic E-state index is 5.28. The van der Waals surface area contributed by atoms with E-state index in [9.17, 15) is 0 Å². The molecule has 0 fully saturated rings. The van der Waals surface area contributed by atoms with Crippen molar-refractivity contribution in [3.63, 3.8) is 0 Å². The second-order valence-electron chi connectivity index (χ2n) is 7.08. The molecule has 0 amide bonds. The van der Waals surface area contributed by atoms with Crippen LogP contribution in [0.4, 0.5) is 0 Å². The molecule has 144 valence electrons. The number of methoxy groups -OCH3 is 1. The fourth-order valence-electron chi connectivity index (χ4n) is 3.55. The van der Waals surface area contributed by atoms with E-state index in [-0.39, 0.29) is 0 Å². The Balaban J connectivity index is 1.92. The van der Waals surface area contributed by atoms with Crippen LogP contribution in [0.15, 0.2) is 79.4 Å². The molecule has 0 atom stereocenters. The van der Waals surface area contributed by atoms with E-state index >= 15 is 0 Å². The summed E-state index contributed by atoms with van der Waals surface area (Å²) in [7, 11) is 1.70. The molecule has 0 N–H and O–H groups in total. The summed E-state index contributed by atoms with van der Waals surface area (Å²) < 4.78 is 5.28. The Morgan fingerprint density at radius 2 is 1.54 bits per heavy atom. The molecule has 2 nitrogen and oxygen atoms in total. The minimum absolute atomic E-state index is 0.832. The molecule has 0 saturated heterocycles. The van der Waals surface area contributed by atoms with Crippen molar-refractivity contribution in [1.82, 2.24) is 4.90 Å². The molecule has 0 unspecified atom stereocenters. The summed E-state index contributed by atoms with van der Waals surface area (Å²) in [6.45, 7) is 10.7. The Kier molecular flexibility index (Phi) is 6.54. The highest BCUT2D eigenvalue weighted by molar-refractivity contribution is 5.81. The predicted octanol–water partition coefficient (Wildman–Crippen LogP) is 6.55. The molecule has 3 rings (SSSR count). The van der Waals surface area contributed by atoms with Gasteiger partial charge in [-0.2, -0.15) is 0 Å². The van der Waals surface area contributed by atoms with Gasteiger partial charge in [0.25, 0.3) is 0 Å². The molecule has 0 aliphatic carbocycles. The molecule has 0 bridgehead atoms. The van der Waals surface area contributed by atoms with Gasteiger partial charge in [-0.05, 0) is 47.7 Å². The number of rotatable bonds is 8. The first kappa shape index (κ1) is 19.8. The largest absolute Gasteiger partial charge is 0.497 e. The van der Waals surface area contributed by atoms with E-state index in [4.69, 9.17) is 4.74 Å². The SMILES string of the molecule is C=C(c1ccccc1-c1ccccc1C)N(CCC)Cc1ccc(OC)cc1. The Bertz CT molecular complexity index is 927. The molecule has 0 radical (unpaired) electrons. The molecule has 2 heteroatoms. The number of hydrogen-bond acceptors (Lipinski definition) is 2. The lowest BCUT2D eigenvalue weighted by atomic mass is 9.94. The molecule has 28 heavy (non-hydrogen) atoms. The van der Waals surface area contributed by atoms with Crippen LogP contribution in [0.1, 0.15) is 30.0 Å². The van der Waals surface area contributed by atoms with Gasteiger partial charge in [-0.1, -0.05) is 74.2 Å². The number of nitrogens with zero attached hydrogens (tertiary/aromatic N) is 1. The fraction of sp³-hybridized carbons (Fsp3) is 0.231. The maximum Gasteiger partial charge on any atom is 0.118 e. The zero-order chi connectivity index (χ0) is 19.9. The van der Waals surface area contributed by atoms with Crippen molar-refractivity contribution in [3.05, 3.63) is 96.1 Å². The van der Waals surface area contributed by atoms with Crippen LogP contribution in [0.5, 0.6) is 5.75 Å². The van der Waals surface area contributed by atoms with E-state index in [0.29, 0.717) is 0 Å². The summed E-state index contributed by atoms with van der Waals surface area (Å²) in [6, 6.07) is 25.4. The van der Waals surface area contributed by atoms with Crippen LogP contribution in [0.25, 0.3) is 16.8 Å².